The molecule has 0 radical (unpaired) electrons. The number of nitriles is 1. The van der Waals surface area contributed by atoms with Gasteiger partial charge in [0, 0.05) is 45.8 Å². The minimum absolute atomic E-state index is 0.0135. The van der Waals surface area contributed by atoms with Crippen molar-refractivity contribution in [2.45, 2.75) is 39.3 Å². The Morgan fingerprint density at radius 1 is 1.12 bits per heavy atom. The van der Waals surface area contributed by atoms with E-state index >= 15 is 0 Å². The molecular weight excluding hydrogens is 324 g/mol. The molecule has 2 heterocycles. The highest BCUT2D eigenvalue weighted by Crippen LogP contribution is 2.18. The van der Waals surface area contributed by atoms with Crippen LogP contribution in [0.2, 0.25) is 0 Å². The molecule has 2 fully saturated rings. The van der Waals surface area contributed by atoms with E-state index in [0.717, 1.165) is 64.6 Å². The Balaban J connectivity index is 1.46. The monoisotopic (exact) mass is 354 g/mol. The third kappa shape index (κ3) is 4.63. The van der Waals surface area contributed by atoms with E-state index in [9.17, 15) is 4.79 Å². The third-order valence-electron chi connectivity index (χ3n) is 5.90. The average Bonchev–Trinajstić information content (AvgIpc) is 2.69. The fourth-order valence-electron chi connectivity index (χ4n) is 3.90. The van der Waals surface area contributed by atoms with E-state index in [1.807, 2.05) is 24.3 Å². The Kier molecular flexibility index (Phi) is 6.29. The normalized spacial score (nSPS) is 21.3. The van der Waals surface area contributed by atoms with Gasteiger partial charge >= 0.3 is 0 Å². The minimum atomic E-state index is -0.0135. The first-order valence-electron chi connectivity index (χ1n) is 9.81. The van der Waals surface area contributed by atoms with Gasteiger partial charge in [-0.3, -0.25) is 14.6 Å². The first-order valence-corrected chi connectivity index (χ1v) is 9.81. The molecule has 0 N–H and O–H groups in total. The molecule has 0 saturated carbocycles. The maximum Gasteiger partial charge on any atom is 0.239 e. The van der Waals surface area contributed by atoms with Crippen molar-refractivity contribution in [3.05, 3.63) is 35.4 Å². The first-order chi connectivity index (χ1) is 12.6. The number of hydrogen-bond acceptors (Lipinski definition) is 4. The summed E-state index contributed by atoms with van der Waals surface area (Å²) in [5.41, 5.74) is 1.95. The van der Waals surface area contributed by atoms with Crippen molar-refractivity contribution >= 4 is 5.91 Å². The number of nitrogens with zero attached hydrogens (tertiary/aromatic N) is 4. The number of carbonyl (C=O) groups is 1. The SMILES string of the molecule is CC1CCN(C(=O)C(C)N2CCN(Cc3ccc(C#N)cc3)CC2)CC1. The summed E-state index contributed by atoms with van der Waals surface area (Å²) in [6.45, 7) is 10.9. The highest BCUT2D eigenvalue weighted by Gasteiger charge is 2.30. The number of piperazine rings is 1. The first kappa shape index (κ1) is 18.9. The summed E-state index contributed by atoms with van der Waals surface area (Å²) in [7, 11) is 0. The fraction of sp³-hybridized carbons (Fsp3) is 0.619. The van der Waals surface area contributed by atoms with E-state index < -0.39 is 0 Å². The van der Waals surface area contributed by atoms with Gasteiger partial charge in [0.25, 0.3) is 0 Å². The van der Waals surface area contributed by atoms with E-state index in [0.29, 0.717) is 11.5 Å². The van der Waals surface area contributed by atoms with E-state index in [2.05, 4.69) is 34.6 Å². The standard InChI is InChI=1S/C21H30N4O/c1-17-7-9-25(10-8-17)21(26)18(2)24-13-11-23(12-14-24)16-20-5-3-19(15-22)4-6-20/h3-6,17-18H,7-14,16H2,1-2H3. The van der Waals surface area contributed by atoms with Crippen molar-refractivity contribution < 1.29 is 4.79 Å². The number of piperidine rings is 1. The number of carbonyl (C=O) groups excluding carboxylic acids is 1. The van der Waals surface area contributed by atoms with Crippen LogP contribution in [0.4, 0.5) is 0 Å². The molecule has 1 amide bonds. The van der Waals surface area contributed by atoms with E-state index in [-0.39, 0.29) is 6.04 Å². The van der Waals surface area contributed by atoms with E-state index in [1.54, 1.807) is 0 Å². The number of amides is 1. The molecule has 5 heteroatoms. The van der Waals surface area contributed by atoms with Gasteiger partial charge in [-0.1, -0.05) is 19.1 Å². The van der Waals surface area contributed by atoms with Crippen molar-refractivity contribution in [1.29, 1.82) is 5.26 Å². The Morgan fingerprint density at radius 2 is 1.73 bits per heavy atom. The second kappa shape index (κ2) is 8.66. The average molecular weight is 354 g/mol. The Hall–Kier alpha value is -1.90. The van der Waals surface area contributed by atoms with Gasteiger partial charge in [-0.2, -0.15) is 5.26 Å². The largest absolute Gasteiger partial charge is 0.341 e. The summed E-state index contributed by atoms with van der Waals surface area (Å²) in [4.78, 5) is 19.6. The van der Waals surface area contributed by atoms with Crippen LogP contribution < -0.4 is 0 Å². The van der Waals surface area contributed by atoms with Crippen LogP contribution in [0.3, 0.4) is 0 Å². The van der Waals surface area contributed by atoms with E-state index in [1.165, 1.54) is 5.56 Å². The summed E-state index contributed by atoms with van der Waals surface area (Å²) >= 11 is 0. The van der Waals surface area contributed by atoms with Crippen LogP contribution in [0.25, 0.3) is 0 Å². The van der Waals surface area contributed by atoms with Crippen LogP contribution in [0.15, 0.2) is 24.3 Å². The van der Waals surface area contributed by atoms with Crippen molar-refractivity contribution in [3.63, 3.8) is 0 Å². The van der Waals surface area contributed by atoms with Crippen LogP contribution in [0, 0.1) is 17.2 Å². The summed E-state index contributed by atoms with van der Waals surface area (Å²) in [5, 5.41) is 8.89. The summed E-state index contributed by atoms with van der Waals surface area (Å²) in [6.07, 6.45) is 2.27. The molecule has 0 aromatic heterocycles. The van der Waals surface area contributed by atoms with Gasteiger partial charge in [-0.05, 0) is 43.4 Å². The van der Waals surface area contributed by atoms with E-state index in [4.69, 9.17) is 5.26 Å². The van der Waals surface area contributed by atoms with Crippen LogP contribution in [0.5, 0.6) is 0 Å². The zero-order valence-corrected chi connectivity index (χ0v) is 16.0. The van der Waals surface area contributed by atoms with Gasteiger partial charge in [-0.15, -0.1) is 0 Å². The molecule has 1 aromatic rings. The van der Waals surface area contributed by atoms with Crippen molar-refractivity contribution in [3.8, 4) is 6.07 Å². The highest BCUT2D eigenvalue weighted by atomic mass is 16.2. The molecule has 2 aliphatic rings. The molecule has 3 rings (SSSR count). The van der Waals surface area contributed by atoms with Crippen molar-refractivity contribution in [1.82, 2.24) is 14.7 Å². The lowest BCUT2D eigenvalue weighted by Crippen LogP contribution is -2.55. The molecule has 1 aromatic carbocycles. The number of rotatable bonds is 4. The predicted molar refractivity (Wildman–Crippen MR) is 102 cm³/mol. The maximum absolute atomic E-state index is 12.8. The lowest BCUT2D eigenvalue weighted by Gasteiger charge is -2.40. The van der Waals surface area contributed by atoms with Gasteiger partial charge in [0.1, 0.15) is 0 Å². The number of hydrogen-bond donors (Lipinski definition) is 0. The van der Waals surface area contributed by atoms with Gasteiger partial charge < -0.3 is 4.90 Å². The second-order valence-electron chi connectivity index (χ2n) is 7.80. The summed E-state index contributed by atoms with van der Waals surface area (Å²) in [6, 6.07) is 9.98. The number of likely N-dealkylation sites (tertiary alicyclic amines) is 1. The molecule has 2 saturated heterocycles. The van der Waals surface area contributed by atoms with Crippen LogP contribution in [-0.2, 0) is 11.3 Å². The molecule has 140 valence electrons. The zero-order chi connectivity index (χ0) is 18.5. The molecule has 0 bridgehead atoms. The van der Waals surface area contributed by atoms with Crippen LogP contribution in [0.1, 0.15) is 37.8 Å². The summed E-state index contributed by atoms with van der Waals surface area (Å²) < 4.78 is 0. The van der Waals surface area contributed by atoms with Crippen molar-refractivity contribution in [2.24, 2.45) is 5.92 Å². The Bertz CT molecular complexity index is 635. The van der Waals surface area contributed by atoms with Crippen molar-refractivity contribution in [2.75, 3.05) is 39.3 Å². The molecule has 5 nitrogen and oxygen atoms in total. The fourth-order valence-corrected chi connectivity index (χ4v) is 3.90. The minimum Gasteiger partial charge on any atom is -0.341 e. The van der Waals surface area contributed by atoms with Crippen LogP contribution >= 0.6 is 0 Å². The quantitative estimate of drug-likeness (QED) is 0.833. The molecule has 0 spiro atoms. The number of benzene rings is 1. The molecule has 2 aliphatic heterocycles. The van der Waals surface area contributed by atoms with Crippen LogP contribution in [-0.4, -0.2) is 65.9 Å². The molecule has 26 heavy (non-hydrogen) atoms. The zero-order valence-electron chi connectivity index (χ0n) is 16.0. The predicted octanol–water partition coefficient (Wildman–Crippen LogP) is 2.32. The van der Waals surface area contributed by atoms with Gasteiger partial charge in [0.15, 0.2) is 0 Å². The third-order valence-corrected chi connectivity index (χ3v) is 5.90. The Labute approximate surface area is 157 Å². The Morgan fingerprint density at radius 3 is 2.31 bits per heavy atom. The lowest BCUT2D eigenvalue weighted by atomic mass is 9.98. The second-order valence-corrected chi connectivity index (χ2v) is 7.80. The topological polar surface area (TPSA) is 50.6 Å². The molecule has 1 unspecified atom stereocenters. The smallest absolute Gasteiger partial charge is 0.239 e. The molecule has 0 aliphatic carbocycles. The lowest BCUT2D eigenvalue weighted by molar-refractivity contribution is -0.138. The highest BCUT2D eigenvalue weighted by molar-refractivity contribution is 5.81. The molecule has 1 atom stereocenters. The summed E-state index contributed by atoms with van der Waals surface area (Å²) in [5.74, 6) is 1.05. The molecular formula is C21H30N4O. The van der Waals surface area contributed by atoms with Gasteiger partial charge in [-0.25, -0.2) is 0 Å². The van der Waals surface area contributed by atoms with Gasteiger partial charge in [0.05, 0.1) is 17.7 Å². The van der Waals surface area contributed by atoms with Gasteiger partial charge in [0.2, 0.25) is 5.91 Å². The maximum atomic E-state index is 12.8.